The number of carbonyl (C=O) groups is 1. The van der Waals surface area contributed by atoms with E-state index in [0.717, 1.165) is 6.20 Å². The van der Waals surface area contributed by atoms with E-state index in [1.807, 2.05) is 5.32 Å². The molecule has 1 N–H and O–H groups in total. The summed E-state index contributed by atoms with van der Waals surface area (Å²) in [5.74, 6) is -0.700. The summed E-state index contributed by atoms with van der Waals surface area (Å²) in [5.41, 5.74) is -0.0462. The minimum atomic E-state index is -2.58. The van der Waals surface area contributed by atoms with Crippen LogP contribution >= 0.6 is 11.6 Å². The van der Waals surface area contributed by atoms with Crippen LogP contribution in [-0.4, -0.2) is 28.8 Å². The number of aromatic nitrogens is 2. The first-order chi connectivity index (χ1) is 6.59. The van der Waals surface area contributed by atoms with Crippen LogP contribution in [0, 0.1) is 0 Å². The van der Waals surface area contributed by atoms with Crippen molar-refractivity contribution in [1.29, 1.82) is 0 Å². The third kappa shape index (κ3) is 3.21. The van der Waals surface area contributed by atoms with Crippen molar-refractivity contribution in [1.82, 2.24) is 15.3 Å². The monoisotopic (exact) mass is 221 g/mol. The Balaban J connectivity index is 2.57. The van der Waals surface area contributed by atoms with Gasteiger partial charge in [0.25, 0.3) is 12.3 Å². The number of nitrogens with zero attached hydrogens (tertiary/aromatic N) is 2. The first-order valence-corrected chi connectivity index (χ1v) is 4.01. The number of hydrogen-bond donors (Lipinski definition) is 1. The minimum Gasteiger partial charge on any atom is -0.345 e. The number of alkyl halides is 2. The number of amides is 1. The Bertz CT molecular complexity index is 317. The highest BCUT2D eigenvalue weighted by Crippen LogP contribution is 2.01. The molecule has 0 atom stereocenters. The fraction of sp³-hybridized carbons (Fsp3) is 0.286. The predicted octanol–water partition coefficient (Wildman–Crippen LogP) is 1.12. The summed E-state index contributed by atoms with van der Waals surface area (Å²) >= 11 is 5.42. The number of rotatable bonds is 3. The Hall–Kier alpha value is -1.30. The maximum atomic E-state index is 11.7. The second-order valence-electron chi connectivity index (χ2n) is 2.33. The van der Waals surface area contributed by atoms with Crippen LogP contribution in [0.15, 0.2) is 12.4 Å². The average molecular weight is 222 g/mol. The van der Waals surface area contributed by atoms with Crippen molar-refractivity contribution in [3.05, 3.63) is 23.2 Å². The number of hydrogen-bond acceptors (Lipinski definition) is 3. The molecule has 0 aliphatic rings. The van der Waals surface area contributed by atoms with E-state index in [1.54, 1.807) is 0 Å². The first kappa shape index (κ1) is 10.8. The van der Waals surface area contributed by atoms with Crippen molar-refractivity contribution in [2.45, 2.75) is 6.43 Å². The van der Waals surface area contributed by atoms with Crippen LogP contribution in [0.2, 0.25) is 5.15 Å². The second kappa shape index (κ2) is 4.80. The average Bonchev–Trinajstić information content (AvgIpc) is 2.15. The van der Waals surface area contributed by atoms with Crippen molar-refractivity contribution in [2.24, 2.45) is 0 Å². The molecule has 0 aliphatic carbocycles. The van der Waals surface area contributed by atoms with Gasteiger partial charge in [-0.2, -0.15) is 0 Å². The van der Waals surface area contributed by atoms with E-state index >= 15 is 0 Å². The number of carbonyl (C=O) groups excluding carboxylic acids is 1. The molecule has 0 bridgehead atoms. The Morgan fingerprint density at radius 1 is 1.50 bits per heavy atom. The molecule has 0 radical (unpaired) electrons. The lowest BCUT2D eigenvalue weighted by Gasteiger charge is -2.02. The van der Waals surface area contributed by atoms with E-state index in [1.165, 1.54) is 6.20 Å². The van der Waals surface area contributed by atoms with E-state index in [9.17, 15) is 13.6 Å². The molecule has 1 amide bonds. The van der Waals surface area contributed by atoms with Crippen molar-refractivity contribution in [2.75, 3.05) is 6.54 Å². The summed E-state index contributed by atoms with van der Waals surface area (Å²) in [5, 5.41) is 2.12. The van der Waals surface area contributed by atoms with Gasteiger partial charge in [0.2, 0.25) is 0 Å². The van der Waals surface area contributed by atoms with E-state index in [0.29, 0.717) is 0 Å². The molecule has 1 aromatic heterocycles. The molecule has 0 fully saturated rings. The molecule has 1 aromatic rings. The SMILES string of the molecule is O=C(NCC(F)F)c1cnc(Cl)cn1. The van der Waals surface area contributed by atoms with E-state index in [2.05, 4.69) is 9.97 Å². The fourth-order valence-corrected chi connectivity index (χ4v) is 0.788. The second-order valence-corrected chi connectivity index (χ2v) is 2.71. The Kier molecular flexibility index (Phi) is 3.70. The molecule has 7 heteroatoms. The van der Waals surface area contributed by atoms with Crippen LogP contribution < -0.4 is 5.32 Å². The Morgan fingerprint density at radius 2 is 2.21 bits per heavy atom. The van der Waals surface area contributed by atoms with Gasteiger partial charge in [-0.25, -0.2) is 18.7 Å². The van der Waals surface area contributed by atoms with Crippen LogP contribution in [0.5, 0.6) is 0 Å². The van der Waals surface area contributed by atoms with E-state index in [4.69, 9.17) is 11.6 Å². The van der Waals surface area contributed by atoms with E-state index in [-0.39, 0.29) is 10.8 Å². The molecule has 14 heavy (non-hydrogen) atoms. The smallest absolute Gasteiger partial charge is 0.271 e. The maximum Gasteiger partial charge on any atom is 0.271 e. The van der Waals surface area contributed by atoms with E-state index < -0.39 is 18.9 Å². The third-order valence-electron chi connectivity index (χ3n) is 1.27. The third-order valence-corrected chi connectivity index (χ3v) is 1.47. The molecule has 1 rings (SSSR count). The molecule has 0 spiro atoms. The summed E-state index contributed by atoms with van der Waals surface area (Å²) in [6.45, 7) is -0.705. The van der Waals surface area contributed by atoms with Gasteiger partial charge in [0, 0.05) is 0 Å². The maximum absolute atomic E-state index is 11.7. The van der Waals surface area contributed by atoms with Gasteiger partial charge in [0.05, 0.1) is 18.9 Å². The molecule has 0 unspecified atom stereocenters. The zero-order chi connectivity index (χ0) is 10.6. The van der Waals surface area contributed by atoms with Crippen LogP contribution in [0.1, 0.15) is 10.5 Å². The highest BCUT2D eigenvalue weighted by Gasteiger charge is 2.09. The molecule has 4 nitrogen and oxygen atoms in total. The highest BCUT2D eigenvalue weighted by molar-refractivity contribution is 6.29. The lowest BCUT2D eigenvalue weighted by atomic mass is 10.4. The van der Waals surface area contributed by atoms with Crippen LogP contribution in [0.25, 0.3) is 0 Å². The minimum absolute atomic E-state index is 0.0462. The summed E-state index contributed by atoms with van der Waals surface area (Å²) in [4.78, 5) is 18.3. The van der Waals surface area contributed by atoms with Gasteiger partial charge in [-0.15, -0.1) is 0 Å². The highest BCUT2D eigenvalue weighted by atomic mass is 35.5. The molecule has 1 heterocycles. The quantitative estimate of drug-likeness (QED) is 0.832. The van der Waals surface area contributed by atoms with Gasteiger partial charge in [-0.05, 0) is 0 Å². The van der Waals surface area contributed by atoms with Gasteiger partial charge >= 0.3 is 0 Å². The van der Waals surface area contributed by atoms with Gasteiger partial charge in [0.15, 0.2) is 0 Å². The molecular weight excluding hydrogens is 216 g/mol. The number of halogens is 3. The van der Waals surface area contributed by atoms with Gasteiger partial charge < -0.3 is 5.32 Å². The Morgan fingerprint density at radius 3 is 2.71 bits per heavy atom. The van der Waals surface area contributed by atoms with Crippen LogP contribution in [-0.2, 0) is 0 Å². The summed E-state index contributed by atoms with van der Waals surface area (Å²) in [7, 11) is 0. The topological polar surface area (TPSA) is 54.9 Å². The fourth-order valence-electron chi connectivity index (χ4n) is 0.690. The van der Waals surface area contributed by atoms with Crippen molar-refractivity contribution < 1.29 is 13.6 Å². The normalized spacial score (nSPS) is 10.3. The van der Waals surface area contributed by atoms with Crippen molar-refractivity contribution >= 4 is 17.5 Å². The molecule has 0 aromatic carbocycles. The molecule has 76 valence electrons. The lowest BCUT2D eigenvalue weighted by Crippen LogP contribution is -2.29. The predicted molar refractivity (Wildman–Crippen MR) is 45.4 cm³/mol. The van der Waals surface area contributed by atoms with Crippen molar-refractivity contribution in [3.63, 3.8) is 0 Å². The van der Waals surface area contributed by atoms with Gasteiger partial charge in [0.1, 0.15) is 10.8 Å². The van der Waals surface area contributed by atoms with Crippen molar-refractivity contribution in [3.8, 4) is 0 Å². The van der Waals surface area contributed by atoms with Gasteiger partial charge in [-0.1, -0.05) is 11.6 Å². The molecule has 0 saturated heterocycles. The molecule has 0 saturated carbocycles. The van der Waals surface area contributed by atoms with Crippen LogP contribution in [0.3, 0.4) is 0 Å². The summed E-state index contributed by atoms with van der Waals surface area (Å²) in [6, 6.07) is 0. The first-order valence-electron chi connectivity index (χ1n) is 3.63. The standard InChI is InChI=1S/C7H6ClF2N3O/c8-5-2-11-4(1-12-5)7(14)13-3-6(9)10/h1-2,6H,3H2,(H,13,14). The summed E-state index contributed by atoms with van der Waals surface area (Å²) < 4.78 is 23.4. The largest absolute Gasteiger partial charge is 0.345 e. The Labute approximate surface area is 83.3 Å². The zero-order valence-electron chi connectivity index (χ0n) is 6.88. The van der Waals surface area contributed by atoms with Crippen LogP contribution in [0.4, 0.5) is 8.78 Å². The van der Waals surface area contributed by atoms with Gasteiger partial charge in [-0.3, -0.25) is 4.79 Å². The summed E-state index contributed by atoms with van der Waals surface area (Å²) in [6.07, 6.45) is -0.304. The lowest BCUT2D eigenvalue weighted by molar-refractivity contribution is 0.0886. The number of nitrogens with one attached hydrogen (secondary N) is 1. The zero-order valence-corrected chi connectivity index (χ0v) is 7.63. The molecule has 0 aliphatic heterocycles. The molecular formula is C7H6ClF2N3O.